The molecule has 1 aromatic carbocycles. The van der Waals surface area contributed by atoms with Crippen LogP contribution < -0.4 is 4.74 Å². The third kappa shape index (κ3) is 4.82. The van der Waals surface area contributed by atoms with E-state index in [-0.39, 0.29) is 0 Å². The Morgan fingerprint density at radius 1 is 1.15 bits per heavy atom. The molecule has 3 rings (SSSR count). The van der Waals surface area contributed by atoms with E-state index in [9.17, 15) is 21.9 Å². The largest absolute Gasteiger partial charge is 0.497 e. The van der Waals surface area contributed by atoms with Gasteiger partial charge in [0.1, 0.15) is 11.0 Å². The van der Waals surface area contributed by atoms with Gasteiger partial charge in [0.15, 0.2) is 9.84 Å². The third-order valence-corrected chi connectivity index (χ3v) is 9.85. The minimum Gasteiger partial charge on any atom is -0.497 e. The van der Waals surface area contributed by atoms with Crippen LogP contribution in [0.5, 0.6) is 5.75 Å². The summed E-state index contributed by atoms with van der Waals surface area (Å²) in [5.74, 6) is 0.326. The molecule has 9 heteroatoms. The lowest BCUT2D eigenvalue weighted by atomic mass is 9.91. The third-order valence-electron chi connectivity index (χ3n) is 5.59. The highest BCUT2D eigenvalue weighted by atomic mass is 32.2. The predicted molar refractivity (Wildman–Crippen MR) is 103 cm³/mol. The van der Waals surface area contributed by atoms with Crippen molar-refractivity contribution in [3.63, 3.8) is 0 Å². The van der Waals surface area contributed by atoms with Crippen molar-refractivity contribution in [2.75, 3.05) is 31.7 Å². The molecule has 2 heterocycles. The average Bonchev–Trinajstić information content (AvgIpc) is 2.94. The molecule has 2 atom stereocenters. The van der Waals surface area contributed by atoms with E-state index in [0.29, 0.717) is 19.0 Å². The Kier molecular flexibility index (Phi) is 6.14. The van der Waals surface area contributed by atoms with Crippen molar-refractivity contribution in [3.8, 4) is 5.75 Å². The Balaban J connectivity index is 1.52. The molecule has 0 amide bonds. The van der Waals surface area contributed by atoms with Crippen molar-refractivity contribution in [3.05, 3.63) is 29.8 Å². The fourth-order valence-corrected chi connectivity index (χ4v) is 8.53. The van der Waals surface area contributed by atoms with E-state index in [2.05, 4.69) is 0 Å². The van der Waals surface area contributed by atoms with Crippen molar-refractivity contribution in [1.82, 2.24) is 4.31 Å². The molecule has 1 aromatic rings. The van der Waals surface area contributed by atoms with Crippen molar-refractivity contribution in [2.24, 2.45) is 5.92 Å². The maximum atomic E-state index is 12.7. The second-order valence-electron chi connectivity index (χ2n) is 7.46. The summed E-state index contributed by atoms with van der Waals surface area (Å²) >= 11 is 0. The number of rotatable bonds is 6. The van der Waals surface area contributed by atoms with E-state index in [0.717, 1.165) is 31.4 Å². The predicted octanol–water partition coefficient (Wildman–Crippen LogP) is 0.828. The zero-order valence-electron chi connectivity index (χ0n) is 15.5. The molecule has 0 bridgehead atoms. The standard InChI is InChI=1S/C18H27NO6S2/c1-25-16-6-4-14(5-7-16)2-3-15-8-10-19(11-9-15)27(23,24)18-13-26(21,22)12-17(18)20/h4-7,15,17-18,20H,2-3,8-13H2,1H3/t17-,18-/m1/s1. The highest BCUT2D eigenvalue weighted by Gasteiger charge is 2.47. The molecule has 2 aliphatic rings. The summed E-state index contributed by atoms with van der Waals surface area (Å²) in [4.78, 5) is 0. The van der Waals surface area contributed by atoms with Crippen LogP contribution in [-0.4, -0.2) is 69.3 Å². The zero-order chi connectivity index (χ0) is 19.7. The molecule has 27 heavy (non-hydrogen) atoms. The lowest BCUT2D eigenvalue weighted by Crippen LogP contribution is -2.47. The number of aliphatic hydroxyl groups excluding tert-OH is 1. The van der Waals surface area contributed by atoms with Crippen LogP contribution in [0.15, 0.2) is 24.3 Å². The molecule has 0 unspecified atom stereocenters. The van der Waals surface area contributed by atoms with Gasteiger partial charge in [-0.3, -0.25) is 0 Å². The van der Waals surface area contributed by atoms with E-state index in [1.54, 1.807) is 7.11 Å². The molecule has 0 spiro atoms. The van der Waals surface area contributed by atoms with Crippen LogP contribution in [0.2, 0.25) is 0 Å². The van der Waals surface area contributed by atoms with E-state index in [1.165, 1.54) is 9.87 Å². The van der Waals surface area contributed by atoms with Crippen molar-refractivity contribution >= 4 is 19.9 Å². The number of ether oxygens (including phenoxy) is 1. The Labute approximate surface area is 161 Å². The summed E-state index contributed by atoms with van der Waals surface area (Å²) < 4.78 is 55.2. The fourth-order valence-electron chi connectivity index (χ4n) is 3.89. The number of sulfonamides is 1. The summed E-state index contributed by atoms with van der Waals surface area (Å²) in [7, 11) is -5.64. The van der Waals surface area contributed by atoms with Crippen LogP contribution in [0, 0.1) is 5.92 Å². The van der Waals surface area contributed by atoms with Crippen molar-refractivity contribution in [2.45, 2.75) is 37.0 Å². The summed E-state index contributed by atoms with van der Waals surface area (Å²) in [5.41, 5.74) is 1.23. The first kappa shape index (κ1) is 20.6. The van der Waals surface area contributed by atoms with Gasteiger partial charge in [-0.2, -0.15) is 0 Å². The highest BCUT2D eigenvalue weighted by Crippen LogP contribution is 2.29. The monoisotopic (exact) mass is 417 g/mol. The number of methoxy groups -OCH3 is 1. The molecular formula is C18H27NO6S2. The second-order valence-corrected chi connectivity index (χ2v) is 11.8. The number of hydrogen-bond acceptors (Lipinski definition) is 6. The van der Waals surface area contributed by atoms with Gasteiger partial charge >= 0.3 is 0 Å². The van der Waals surface area contributed by atoms with Crippen molar-refractivity contribution < 1.29 is 26.7 Å². The van der Waals surface area contributed by atoms with Crippen LogP contribution >= 0.6 is 0 Å². The number of aliphatic hydroxyl groups is 1. The molecule has 0 radical (unpaired) electrons. The quantitative estimate of drug-likeness (QED) is 0.736. The normalized spacial score (nSPS) is 26.9. The average molecular weight is 418 g/mol. The van der Waals surface area contributed by atoms with E-state index >= 15 is 0 Å². The van der Waals surface area contributed by atoms with E-state index in [1.807, 2.05) is 24.3 Å². The van der Waals surface area contributed by atoms with Crippen LogP contribution in [0.3, 0.4) is 0 Å². The van der Waals surface area contributed by atoms with Gasteiger partial charge in [-0.15, -0.1) is 0 Å². The molecule has 0 aromatic heterocycles. The van der Waals surface area contributed by atoms with E-state index < -0.39 is 42.7 Å². The molecule has 1 N–H and O–H groups in total. The smallest absolute Gasteiger partial charge is 0.220 e. The molecule has 0 aliphatic carbocycles. The fraction of sp³-hybridized carbons (Fsp3) is 0.667. The van der Waals surface area contributed by atoms with Gasteiger partial charge < -0.3 is 9.84 Å². The maximum Gasteiger partial charge on any atom is 0.220 e. The summed E-state index contributed by atoms with van der Waals surface area (Å²) in [6.45, 7) is 0.776. The van der Waals surface area contributed by atoms with Crippen LogP contribution in [-0.2, 0) is 26.3 Å². The first-order valence-electron chi connectivity index (χ1n) is 9.21. The summed E-state index contributed by atoms with van der Waals surface area (Å²) in [5, 5.41) is 8.67. The number of sulfone groups is 1. The zero-order valence-corrected chi connectivity index (χ0v) is 17.1. The van der Waals surface area contributed by atoms with Crippen molar-refractivity contribution in [1.29, 1.82) is 0 Å². The Hall–Kier alpha value is -1.16. The summed E-state index contributed by atoms with van der Waals surface area (Å²) in [6, 6.07) is 7.96. The first-order chi connectivity index (χ1) is 12.7. The first-order valence-corrected chi connectivity index (χ1v) is 12.5. The second kappa shape index (κ2) is 8.06. The Morgan fingerprint density at radius 2 is 1.78 bits per heavy atom. The molecule has 2 saturated heterocycles. The lowest BCUT2D eigenvalue weighted by molar-refractivity contribution is 0.197. The molecule has 152 valence electrons. The van der Waals surface area contributed by atoms with Gasteiger partial charge in [-0.25, -0.2) is 21.1 Å². The number of hydrogen-bond donors (Lipinski definition) is 1. The Bertz CT molecular complexity index is 842. The van der Waals surface area contributed by atoms with E-state index in [4.69, 9.17) is 4.74 Å². The van der Waals surface area contributed by atoms with Crippen LogP contribution in [0.25, 0.3) is 0 Å². The maximum absolute atomic E-state index is 12.7. The molecular weight excluding hydrogens is 390 g/mol. The molecule has 7 nitrogen and oxygen atoms in total. The number of piperidine rings is 1. The number of benzene rings is 1. The lowest BCUT2D eigenvalue weighted by Gasteiger charge is -2.33. The summed E-state index contributed by atoms with van der Waals surface area (Å²) in [6.07, 6.45) is 2.10. The van der Waals surface area contributed by atoms with Crippen LogP contribution in [0.4, 0.5) is 0 Å². The minimum atomic E-state index is -3.79. The number of aryl methyl sites for hydroxylation is 1. The van der Waals surface area contributed by atoms with Gasteiger partial charge in [-0.1, -0.05) is 12.1 Å². The van der Waals surface area contributed by atoms with Gasteiger partial charge in [0.2, 0.25) is 10.0 Å². The van der Waals surface area contributed by atoms with Gasteiger partial charge in [0.05, 0.1) is 24.7 Å². The minimum absolute atomic E-state index is 0.388. The van der Waals surface area contributed by atoms with Gasteiger partial charge in [-0.05, 0) is 49.3 Å². The SMILES string of the molecule is COc1ccc(CCC2CCN(S(=O)(=O)[C@@H]3CS(=O)(=O)C[C@H]3O)CC2)cc1. The number of nitrogens with zero attached hydrogens (tertiary/aromatic N) is 1. The molecule has 2 aliphatic heterocycles. The Morgan fingerprint density at radius 3 is 2.30 bits per heavy atom. The van der Waals surface area contributed by atoms with Gasteiger partial charge in [0.25, 0.3) is 0 Å². The van der Waals surface area contributed by atoms with Crippen LogP contribution in [0.1, 0.15) is 24.8 Å². The highest BCUT2D eigenvalue weighted by molar-refractivity contribution is 7.95. The molecule has 2 fully saturated rings. The van der Waals surface area contributed by atoms with Gasteiger partial charge in [0, 0.05) is 13.1 Å². The molecule has 0 saturated carbocycles. The topological polar surface area (TPSA) is 101 Å².